The van der Waals surface area contributed by atoms with Gasteiger partial charge in [-0.2, -0.15) is 5.10 Å². The molecule has 2 heterocycles. The van der Waals surface area contributed by atoms with Crippen LogP contribution >= 0.6 is 0 Å². The number of nitrogens with zero attached hydrogens (tertiary/aromatic N) is 1. The van der Waals surface area contributed by atoms with E-state index in [-0.39, 0.29) is 0 Å². The highest BCUT2D eigenvalue weighted by Gasteiger charge is 2.48. The molecule has 3 nitrogen and oxygen atoms in total. The number of rotatable bonds is 1. The first-order valence-corrected chi connectivity index (χ1v) is 5.11. The van der Waals surface area contributed by atoms with Gasteiger partial charge in [0.25, 0.3) is 0 Å². The minimum atomic E-state index is 0.576. The summed E-state index contributed by atoms with van der Waals surface area (Å²) in [5.74, 6) is 0.684. The third kappa shape index (κ3) is 0.967. The summed E-state index contributed by atoms with van der Waals surface area (Å²) in [5, 5.41) is 10.7. The van der Waals surface area contributed by atoms with Crippen LogP contribution in [0.2, 0.25) is 0 Å². The number of aromatic nitrogens is 2. The molecule has 0 unspecified atom stereocenters. The van der Waals surface area contributed by atoms with Crippen LogP contribution in [0.1, 0.15) is 30.9 Å². The fourth-order valence-electron chi connectivity index (χ4n) is 2.86. The van der Waals surface area contributed by atoms with Crippen molar-refractivity contribution in [2.24, 2.45) is 5.41 Å². The molecule has 3 heteroatoms. The van der Waals surface area contributed by atoms with E-state index in [2.05, 4.69) is 21.6 Å². The molecule has 1 saturated carbocycles. The van der Waals surface area contributed by atoms with E-state index >= 15 is 0 Å². The smallest absolute Gasteiger partial charge is 0.0490 e. The van der Waals surface area contributed by atoms with Crippen molar-refractivity contribution in [2.45, 2.75) is 25.2 Å². The van der Waals surface area contributed by atoms with Gasteiger partial charge in [-0.25, -0.2) is 0 Å². The zero-order chi connectivity index (χ0) is 8.73. The molecule has 0 amide bonds. The van der Waals surface area contributed by atoms with Crippen LogP contribution in [-0.4, -0.2) is 23.3 Å². The van der Waals surface area contributed by atoms with Gasteiger partial charge in [0, 0.05) is 30.9 Å². The largest absolute Gasteiger partial charge is 0.315 e. The summed E-state index contributed by atoms with van der Waals surface area (Å²) in [6.45, 7) is 2.33. The maximum Gasteiger partial charge on any atom is 0.0490 e. The maximum atomic E-state index is 4.04. The Kier molecular flexibility index (Phi) is 1.50. The van der Waals surface area contributed by atoms with Gasteiger partial charge in [-0.05, 0) is 24.3 Å². The van der Waals surface area contributed by atoms with Gasteiger partial charge in [0.2, 0.25) is 0 Å². The van der Waals surface area contributed by atoms with E-state index < -0.39 is 0 Å². The summed E-state index contributed by atoms with van der Waals surface area (Å²) in [5.41, 5.74) is 1.90. The Morgan fingerprint density at radius 1 is 1.46 bits per heavy atom. The first kappa shape index (κ1) is 7.56. The van der Waals surface area contributed by atoms with E-state index in [1.807, 2.05) is 6.20 Å². The lowest BCUT2D eigenvalue weighted by atomic mass is 9.62. The highest BCUT2D eigenvalue weighted by atomic mass is 15.1. The molecule has 2 fully saturated rings. The topological polar surface area (TPSA) is 40.7 Å². The van der Waals surface area contributed by atoms with Crippen LogP contribution in [0.3, 0.4) is 0 Å². The monoisotopic (exact) mass is 177 g/mol. The standard InChI is InChI=1S/C10H15N3/c1-3-10(4-1)7-11-6-8(10)9-2-5-12-13-9/h2,5,8,11H,1,3-4,6-7H2,(H,12,13)/t8-/m0/s1. The molecule has 1 spiro atoms. The number of H-pyrrole nitrogens is 1. The number of hydrogen-bond acceptors (Lipinski definition) is 2. The summed E-state index contributed by atoms with van der Waals surface area (Å²) >= 11 is 0. The number of nitrogens with one attached hydrogen (secondary N) is 2. The first-order valence-electron chi connectivity index (χ1n) is 5.11. The van der Waals surface area contributed by atoms with Crippen molar-refractivity contribution in [2.75, 3.05) is 13.1 Å². The van der Waals surface area contributed by atoms with Gasteiger partial charge >= 0.3 is 0 Å². The van der Waals surface area contributed by atoms with Crippen LogP contribution < -0.4 is 5.32 Å². The normalized spacial score (nSPS) is 30.6. The zero-order valence-corrected chi connectivity index (χ0v) is 7.71. The molecule has 3 rings (SSSR count). The van der Waals surface area contributed by atoms with Gasteiger partial charge < -0.3 is 5.32 Å². The van der Waals surface area contributed by atoms with Crippen LogP contribution in [0.4, 0.5) is 0 Å². The second-order valence-electron chi connectivity index (χ2n) is 4.41. The van der Waals surface area contributed by atoms with Gasteiger partial charge in [-0.15, -0.1) is 0 Å². The molecule has 1 aromatic rings. The lowest BCUT2D eigenvalue weighted by Crippen LogP contribution is -2.36. The second-order valence-corrected chi connectivity index (χ2v) is 4.41. The number of aromatic amines is 1. The highest BCUT2D eigenvalue weighted by molar-refractivity contribution is 5.18. The van der Waals surface area contributed by atoms with Crippen LogP contribution in [0.25, 0.3) is 0 Å². The van der Waals surface area contributed by atoms with E-state index in [1.54, 1.807) is 0 Å². The van der Waals surface area contributed by atoms with Crippen LogP contribution in [0.5, 0.6) is 0 Å². The lowest BCUT2D eigenvalue weighted by Gasteiger charge is -2.42. The molecule has 0 aromatic carbocycles. The average Bonchev–Trinajstić information content (AvgIpc) is 2.71. The van der Waals surface area contributed by atoms with Gasteiger partial charge in [0.1, 0.15) is 0 Å². The fraction of sp³-hybridized carbons (Fsp3) is 0.700. The van der Waals surface area contributed by atoms with Crippen molar-refractivity contribution in [3.05, 3.63) is 18.0 Å². The molecule has 1 saturated heterocycles. The highest BCUT2D eigenvalue weighted by Crippen LogP contribution is 2.52. The summed E-state index contributed by atoms with van der Waals surface area (Å²) in [7, 11) is 0. The Hall–Kier alpha value is -0.830. The molecular formula is C10H15N3. The number of hydrogen-bond donors (Lipinski definition) is 2. The van der Waals surface area contributed by atoms with E-state index in [0.29, 0.717) is 11.3 Å². The summed E-state index contributed by atoms with van der Waals surface area (Å²) in [6.07, 6.45) is 6.06. The fourth-order valence-corrected chi connectivity index (χ4v) is 2.86. The first-order chi connectivity index (χ1) is 6.41. The average molecular weight is 177 g/mol. The molecular weight excluding hydrogens is 162 g/mol. The minimum absolute atomic E-state index is 0.576. The molecule has 0 radical (unpaired) electrons. The van der Waals surface area contributed by atoms with Gasteiger partial charge in [-0.1, -0.05) is 6.42 Å². The van der Waals surface area contributed by atoms with Gasteiger partial charge in [-0.3, -0.25) is 5.10 Å². The molecule has 1 aliphatic heterocycles. The predicted molar refractivity (Wildman–Crippen MR) is 50.5 cm³/mol. The third-order valence-electron chi connectivity index (χ3n) is 3.81. The van der Waals surface area contributed by atoms with E-state index in [1.165, 1.54) is 31.5 Å². The van der Waals surface area contributed by atoms with E-state index in [9.17, 15) is 0 Å². The van der Waals surface area contributed by atoms with Crippen LogP contribution in [-0.2, 0) is 0 Å². The molecule has 1 aromatic heterocycles. The second kappa shape index (κ2) is 2.58. The predicted octanol–water partition coefficient (Wildman–Crippen LogP) is 1.27. The molecule has 0 bridgehead atoms. The summed E-state index contributed by atoms with van der Waals surface area (Å²) in [4.78, 5) is 0. The van der Waals surface area contributed by atoms with Crippen molar-refractivity contribution in [1.29, 1.82) is 0 Å². The Balaban J connectivity index is 1.91. The van der Waals surface area contributed by atoms with Crippen molar-refractivity contribution < 1.29 is 0 Å². The third-order valence-corrected chi connectivity index (χ3v) is 3.81. The van der Waals surface area contributed by atoms with E-state index in [4.69, 9.17) is 0 Å². The molecule has 1 atom stereocenters. The van der Waals surface area contributed by atoms with Crippen molar-refractivity contribution in [3.63, 3.8) is 0 Å². The molecule has 70 valence electrons. The SMILES string of the molecule is c1cc([C@@H]2CNCC23CCC3)[nH]n1. The van der Waals surface area contributed by atoms with Crippen LogP contribution in [0.15, 0.2) is 12.3 Å². The maximum absolute atomic E-state index is 4.04. The molecule has 2 N–H and O–H groups in total. The molecule has 13 heavy (non-hydrogen) atoms. The van der Waals surface area contributed by atoms with E-state index in [0.717, 1.165) is 6.54 Å². The zero-order valence-electron chi connectivity index (χ0n) is 7.71. The Morgan fingerprint density at radius 2 is 2.38 bits per heavy atom. The Labute approximate surface area is 77.9 Å². The molecule has 1 aliphatic carbocycles. The van der Waals surface area contributed by atoms with Crippen LogP contribution in [0, 0.1) is 5.41 Å². The lowest BCUT2D eigenvalue weighted by molar-refractivity contribution is 0.135. The Morgan fingerprint density at radius 3 is 3.00 bits per heavy atom. The van der Waals surface area contributed by atoms with Crippen molar-refractivity contribution in [3.8, 4) is 0 Å². The quantitative estimate of drug-likeness (QED) is 0.678. The minimum Gasteiger partial charge on any atom is -0.315 e. The summed E-state index contributed by atoms with van der Waals surface area (Å²) < 4.78 is 0. The van der Waals surface area contributed by atoms with Gasteiger partial charge in [0.05, 0.1) is 0 Å². The Bertz CT molecular complexity index is 287. The molecule has 2 aliphatic rings. The van der Waals surface area contributed by atoms with Crippen molar-refractivity contribution >= 4 is 0 Å². The van der Waals surface area contributed by atoms with Gasteiger partial charge in [0.15, 0.2) is 0 Å². The van der Waals surface area contributed by atoms with Crippen molar-refractivity contribution in [1.82, 2.24) is 15.5 Å². The summed E-state index contributed by atoms with van der Waals surface area (Å²) in [6, 6.07) is 2.12.